The molecule has 0 bridgehead atoms. The second-order valence-corrected chi connectivity index (χ2v) is 2.10. The lowest BCUT2D eigenvalue weighted by molar-refractivity contribution is 0.162. The maximum atomic E-state index is 4.94. The van der Waals surface area contributed by atoms with Crippen molar-refractivity contribution in [2.24, 2.45) is 0 Å². The zero-order valence-corrected chi connectivity index (χ0v) is 7.06. The first-order chi connectivity index (χ1) is 4.91. The van der Waals surface area contributed by atoms with Crippen LogP contribution in [0, 0.1) is 0 Å². The summed E-state index contributed by atoms with van der Waals surface area (Å²) in [4.78, 5) is 0. The molecule has 0 unspecified atom stereocenters. The highest BCUT2D eigenvalue weighted by atomic mass is 16.5. The third kappa shape index (κ3) is 7.92. The highest BCUT2D eigenvalue weighted by Gasteiger charge is 1.94. The van der Waals surface area contributed by atoms with Crippen LogP contribution in [0.3, 0.4) is 0 Å². The van der Waals surface area contributed by atoms with Gasteiger partial charge in [0.25, 0.3) is 0 Å². The van der Waals surface area contributed by atoms with Crippen molar-refractivity contribution in [2.45, 2.75) is 26.7 Å². The summed E-state index contributed by atoms with van der Waals surface area (Å²) in [6, 6.07) is 0. The molecule has 62 valence electrons. The fourth-order valence-corrected chi connectivity index (χ4v) is 0.714. The lowest BCUT2D eigenvalue weighted by atomic mass is 10.4. The second kappa shape index (κ2) is 8.92. The fourth-order valence-electron chi connectivity index (χ4n) is 0.714. The van der Waals surface area contributed by atoms with E-state index >= 15 is 0 Å². The molecule has 1 aliphatic rings. The summed E-state index contributed by atoms with van der Waals surface area (Å²) in [7, 11) is 0. The fraction of sp³-hybridized carbons (Fsp3) is 1.00. The van der Waals surface area contributed by atoms with Crippen LogP contribution in [0.1, 0.15) is 26.7 Å². The van der Waals surface area contributed by atoms with E-state index < -0.39 is 0 Å². The van der Waals surface area contributed by atoms with Crippen molar-refractivity contribution >= 4 is 0 Å². The van der Waals surface area contributed by atoms with Gasteiger partial charge in [0, 0.05) is 26.4 Å². The Labute approximate surface area is 63.5 Å². The minimum absolute atomic E-state index is 0.844. The predicted octanol–water partition coefficient (Wildman–Crippen LogP) is 1.84. The van der Waals surface area contributed by atoms with Gasteiger partial charge in [-0.15, -0.1) is 0 Å². The molecule has 0 aromatic carbocycles. The van der Waals surface area contributed by atoms with E-state index in [2.05, 4.69) is 0 Å². The minimum atomic E-state index is 0.844. The topological polar surface area (TPSA) is 18.5 Å². The van der Waals surface area contributed by atoms with Crippen molar-refractivity contribution < 1.29 is 9.47 Å². The molecule has 0 spiro atoms. The van der Waals surface area contributed by atoms with Gasteiger partial charge in [-0.25, -0.2) is 0 Å². The van der Waals surface area contributed by atoms with Gasteiger partial charge >= 0.3 is 0 Å². The van der Waals surface area contributed by atoms with Crippen LogP contribution in [-0.4, -0.2) is 26.4 Å². The minimum Gasteiger partial charge on any atom is -0.382 e. The molecular formula is C8H18O2. The van der Waals surface area contributed by atoms with Crippen molar-refractivity contribution in [3.8, 4) is 0 Å². The molecule has 2 nitrogen and oxygen atoms in total. The molecule has 10 heavy (non-hydrogen) atoms. The molecular weight excluding hydrogens is 128 g/mol. The molecule has 0 amide bonds. The van der Waals surface area contributed by atoms with Gasteiger partial charge in [-0.2, -0.15) is 0 Å². The summed E-state index contributed by atoms with van der Waals surface area (Å²) in [6.07, 6.45) is 2.56. The number of hydrogen-bond donors (Lipinski definition) is 0. The number of hydrogen-bond acceptors (Lipinski definition) is 2. The van der Waals surface area contributed by atoms with E-state index in [1.807, 2.05) is 13.8 Å². The average Bonchev–Trinajstić information content (AvgIpc) is 2.44. The van der Waals surface area contributed by atoms with Crippen molar-refractivity contribution in [1.82, 2.24) is 0 Å². The van der Waals surface area contributed by atoms with Crippen LogP contribution in [0.25, 0.3) is 0 Å². The highest BCUT2D eigenvalue weighted by molar-refractivity contribution is 4.43. The molecule has 0 aliphatic carbocycles. The summed E-state index contributed by atoms with van der Waals surface area (Å²) in [6.45, 7) is 7.67. The van der Waals surface area contributed by atoms with E-state index in [1.165, 1.54) is 12.8 Å². The molecule has 0 N–H and O–H groups in total. The first kappa shape index (κ1) is 9.92. The zero-order valence-electron chi connectivity index (χ0n) is 7.06. The predicted molar refractivity (Wildman–Crippen MR) is 42.2 cm³/mol. The Bertz CT molecular complexity index is 41.6. The Kier molecular flexibility index (Phi) is 8.85. The third-order valence-corrected chi connectivity index (χ3v) is 1.24. The smallest absolute Gasteiger partial charge is 0.0466 e. The van der Waals surface area contributed by atoms with E-state index in [0.29, 0.717) is 0 Å². The van der Waals surface area contributed by atoms with E-state index in [0.717, 1.165) is 26.4 Å². The standard InChI is InChI=1S/C4H8O.C4H10O/c1-2-4-5-3-1;1-3-5-4-2/h1-4H2;3-4H2,1-2H3. The molecule has 1 heterocycles. The van der Waals surface area contributed by atoms with Gasteiger partial charge in [0.2, 0.25) is 0 Å². The number of ether oxygens (including phenoxy) is 2. The lowest BCUT2D eigenvalue weighted by Gasteiger charge is -1.86. The highest BCUT2D eigenvalue weighted by Crippen LogP contribution is 1.98. The largest absolute Gasteiger partial charge is 0.382 e. The molecule has 0 radical (unpaired) electrons. The normalized spacial score (nSPS) is 16.2. The molecule has 0 aromatic rings. The molecule has 0 saturated carbocycles. The molecule has 1 aliphatic heterocycles. The van der Waals surface area contributed by atoms with E-state index in [1.54, 1.807) is 0 Å². The van der Waals surface area contributed by atoms with Crippen molar-refractivity contribution in [3.63, 3.8) is 0 Å². The van der Waals surface area contributed by atoms with Crippen LogP contribution in [0.15, 0.2) is 0 Å². The summed E-state index contributed by atoms with van der Waals surface area (Å²) < 4.78 is 9.78. The quantitative estimate of drug-likeness (QED) is 0.592. The zero-order chi connectivity index (χ0) is 7.66. The van der Waals surface area contributed by atoms with Crippen LogP contribution in [-0.2, 0) is 9.47 Å². The molecule has 1 rings (SSSR count). The molecule has 0 aromatic heterocycles. The molecule has 2 heteroatoms. The van der Waals surface area contributed by atoms with Gasteiger partial charge in [0.05, 0.1) is 0 Å². The van der Waals surface area contributed by atoms with Crippen LogP contribution < -0.4 is 0 Å². The SMILES string of the molecule is C1CCOC1.CCOCC. The Morgan fingerprint density at radius 3 is 1.70 bits per heavy atom. The summed E-state index contributed by atoms with van der Waals surface area (Å²) >= 11 is 0. The van der Waals surface area contributed by atoms with Gasteiger partial charge in [0.1, 0.15) is 0 Å². The third-order valence-electron chi connectivity index (χ3n) is 1.24. The van der Waals surface area contributed by atoms with Gasteiger partial charge in [-0.1, -0.05) is 0 Å². The Morgan fingerprint density at radius 1 is 1.10 bits per heavy atom. The maximum absolute atomic E-state index is 4.94. The second-order valence-electron chi connectivity index (χ2n) is 2.10. The Hall–Kier alpha value is -0.0800. The van der Waals surface area contributed by atoms with E-state index in [-0.39, 0.29) is 0 Å². The van der Waals surface area contributed by atoms with Crippen LogP contribution in [0.2, 0.25) is 0 Å². The van der Waals surface area contributed by atoms with Gasteiger partial charge in [-0.3, -0.25) is 0 Å². The van der Waals surface area contributed by atoms with E-state index in [4.69, 9.17) is 9.47 Å². The van der Waals surface area contributed by atoms with Gasteiger partial charge < -0.3 is 9.47 Å². The van der Waals surface area contributed by atoms with E-state index in [9.17, 15) is 0 Å². The first-order valence-electron chi connectivity index (χ1n) is 4.07. The van der Waals surface area contributed by atoms with Gasteiger partial charge in [-0.05, 0) is 26.7 Å². The first-order valence-corrected chi connectivity index (χ1v) is 4.07. The Morgan fingerprint density at radius 2 is 1.60 bits per heavy atom. The van der Waals surface area contributed by atoms with Crippen LogP contribution in [0.4, 0.5) is 0 Å². The molecule has 1 saturated heterocycles. The summed E-state index contributed by atoms with van der Waals surface area (Å²) in [5.74, 6) is 0. The van der Waals surface area contributed by atoms with Crippen LogP contribution in [0.5, 0.6) is 0 Å². The molecule has 1 fully saturated rings. The monoisotopic (exact) mass is 146 g/mol. The average molecular weight is 146 g/mol. The van der Waals surface area contributed by atoms with Crippen molar-refractivity contribution in [1.29, 1.82) is 0 Å². The lowest BCUT2D eigenvalue weighted by Crippen LogP contribution is -1.84. The van der Waals surface area contributed by atoms with Crippen LogP contribution >= 0.6 is 0 Å². The Balaban J connectivity index is 0.000000162. The molecule has 0 atom stereocenters. The van der Waals surface area contributed by atoms with Gasteiger partial charge in [0.15, 0.2) is 0 Å². The summed E-state index contributed by atoms with van der Waals surface area (Å²) in [5, 5.41) is 0. The van der Waals surface area contributed by atoms with Crippen molar-refractivity contribution in [3.05, 3.63) is 0 Å². The number of rotatable bonds is 2. The maximum Gasteiger partial charge on any atom is 0.0466 e. The van der Waals surface area contributed by atoms with Crippen molar-refractivity contribution in [2.75, 3.05) is 26.4 Å². The summed E-state index contributed by atoms with van der Waals surface area (Å²) in [5.41, 5.74) is 0.